The van der Waals surface area contributed by atoms with Crippen molar-refractivity contribution in [1.29, 1.82) is 0 Å². The van der Waals surface area contributed by atoms with E-state index in [2.05, 4.69) is 19.9 Å². The van der Waals surface area contributed by atoms with Crippen molar-refractivity contribution in [3.05, 3.63) is 69.8 Å². The van der Waals surface area contributed by atoms with Crippen molar-refractivity contribution >= 4 is 11.8 Å². The molecule has 0 aliphatic heterocycles. The molecule has 0 spiro atoms. The molecule has 2 rings (SSSR count). The first kappa shape index (κ1) is 23.4. The molecule has 0 saturated carbocycles. The standard InChI is InChI=1S/2C12H17NO/c1-4-13(5-2)12(14)11-8-6-7-10(3)9-11;1-4-9-7-6-8(3)11(12(13)14)10(9)5-2/h6-9H,4-5H2,1-3H3;6-7H,4-5H2,1-3H3,(H2,13,14). The van der Waals surface area contributed by atoms with Crippen LogP contribution in [0.25, 0.3) is 0 Å². The molecule has 0 heterocycles. The molecule has 2 aromatic carbocycles. The molecule has 28 heavy (non-hydrogen) atoms. The largest absolute Gasteiger partial charge is 0.366 e. The maximum Gasteiger partial charge on any atom is 0.253 e. The average Bonchev–Trinajstić information content (AvgIpc) is 2.68. The molecule has 2 aromatic rings. The van der Waals surface area contributed by atoms with E-state index in [1.807, 2.05) is 62.9 Å². The van der Waals surface area contributed by atoms with Crippen LogP contribution in [0, 0.1) is 13.8 Å². The van der Waals surface area contributed by atoms with E-state index in [1.54, 1.807) is 0 Å². The Hall–Kier alpha value is -2.62. The third-order valence-electron chi connectivity index (χ3n) is 4.91. The van der Waals surface area contributed by atoms with Gasteiger partial charge in [0.15, 0.2) is 0 Å². The first-order chi connectivity index (χ1) is 13.3. The maximum atomic E-state index is 11.9. The Bertz CT molecular complexity index is 808. The fraction of sp³-hybridized carbons (Fsp3) is 0.417. The molecule has 0 bridgehead atoms. The first-order valence-electron chi connectivity index (χ1n) is 10.1. The van der Waals surface area contributed by atoms with Crippen molar-refractivity contribution in [2.24, 2.45) is 5.73 Å². The smallest absolute Gasteiger partial charge is 0.253 e. The van der Waals surface area contributed by atoms with Gasteiger partial charge < -0.3 is 10.6 Å². The van der Waals surface area contributed by atoms with Crippen molar-refractivity contribution in [3.8, 4) is 0 Å². The summed E-state index contributed by atoms with van der Waals surface area (Å²) in [6, 6.07) is 11.8. The summed E-state index contributed by atoms with van der Waals surface area (Å²) in [6.07, 6.45) is 1.81. The monoisotopic (exact) mass is 382 g/mol. The fourth-order valence-electron chi connectivity index (χ4n) is 3.36. The summed E-state index contributed by atoms with van der Waals surface area (Å²) in [5.74, 6) is -0.187. The molecule has 0 aliphatic rings. The van der Waals surface area contributed by atoms with E-state index in [-0.39, 0.29) is 11.8 Å². The van der Waals surface area contributed by atoms with E-state index in [0.29, 0.717) is 5.56 Å². The molecule has 0 saturated heterocycles. The zero-order chi connectivity index (χ0) is 21.3. The number of hydrogen-bond acceptors (Lipinski definition) is 2. The lowest BCUT2D eigenvalue weighted by molar-refractivity contribution is 0.0772. The van der Waals surface area contributed by atoms with Crippen LogP contribution in [-0.2, 0) is 12.8 Å². The number of carbonyl (C=O) groups is 2. The van der Waals surface area contributed by atoms with E-state index in [9.17, 15) is 9.59 Å². The van der Waals surface area contributed by atoms with Gasteiger partial charge in [-0.3, -0.25) is 9.59 Å². The maximum absolute atomic E-state index is 11.9. The van der Waals surface area contributed by atoms with Crippen LogP contribution in [0.4, 0.5) is 0 Å². The Morgan fingerprint density at radius 2 is 1.57 bits per heavy atom. The summed E-state index contributed by atoms with van der Waals surface area (Å²) < 4.78 is 0. The van der Waals surface area contributed by atoms with Gasteiger partial charge in [-0.1, -0.05) is 43.7 Å². The normalized spacial score (nSPS) is 10.1. The van der Waals surface area contributed by atoms with E-state index < -0.39 is 0 Å². The molecule has 0 aromatic heterocycles. The summed E-state index contributed by atoms with van der Waals surface area (Å²) in [5, 5.41) is 0. The van der Waals surface area contributed by atoms with Gasteiger partial charge in [0.25, 0.3) is 5.91 Å². The molecule has 4 heteroatoms. The predicted molar refractivity (Wildman–Crippen MR) is 117 cm³/mol. The Morgan fingerprint density at radius 1 is 0.929 bits per heavy atom. The number of carbonyl (C=O) groups excluding carboxylic acids is 2. The van der Waals surface area contributed by atoms with Crippen molar-refractivity contribution < 1.29 is 9.59 Å². The number of aryl methyl sites for hydroxylation is 3. The van der Waals surface area contributed by atoms with Gasteiger partial charge in [-0.15, -0.1) is 0 Å². The first-order valence-corrected chi connectivity index (χ1v) is 10.1. The molecule has 152 valence electrons. The molecule has 2 N–H and O–H groups in total. The molecular weight excluding hydrogens is 348 g/mol. The van der Waals surface area contributed by atoms with Crippen molar-refractivity contribution in [2.75, 3.05) is 13.1 Å². The molecule has 4 nitrogen and oxygen atoms in total. The Labute approximate surface area is 169 Å². The van der Waals surface area contributed by atoms with Gasteiger partial charge in [0, 0.05) is 24.2 Å². The van der Waals surface area contributed by atoms with Gasteiger partial charge in [0.2, 0.25) is 5.91 Å². The van der Waals surface area contributed by atoms with Crippen LogP contribution >= 0.6 is 0 Å². The van der Waals surface area contributed by atoms with E-state index in [0.717, 1.165) is 48.2 Å². The van der Waals surface area contributed by atoms with Crippen LogP contribution < -0.4 is 5.73 Å². The van der Waals surface area contributed by atoms with Crippen molar-refractivity contribution in [3.63, 3.8) is 0 Å². The average molecular weight is 383 g/mol. The van der Waals surface area contributed by atoms with Gasteiger partial charge in [0.1, 0.15) is 0 Å². The number of nitrogens with zero attached hydrogens (tertiary/aromatic N) is 1. The highest BCUT2D eigenvalue weighted by Gasteiger charge is 2.13. The summed E-state index contributed by atoms with van der Waals surface area (Å²) in [7, 11) is 0. The topological polar surface area (TPSA) is 63.4 Å². The van der Waals surface area contributed by atoms with E-state index >= 15 is 0 Å². The highest BCUT2D eigenvalue weighted by molar-refractivity contribution is 5.96. The second kappa shape index (κ2) is 11.3. The molecular formula is C24H34N2O2. The number of primary amides is 1. The summed E-state index contributed by atoms with van der Waals surface area (Å²) in [6.45, 7) is 13.6. The quantitative estimate of drug-likeness (QED) is 0.787. The van der Waals surface area contributed by atoms with Gasteiger partial charge in [-0.2, -0.15) is 0 Å². The molecule has 0 unspecified atom stereocenters. The summed E-state index contributed by atoms with van der Waals surface area (Å²) in [5.41, 5.74) is 11.3. The number of amides is 2. The van der Waals surface area contributed by atoms with Crippen LogP contribution in [0.5, 0.6) is 0 Å². The Balaban J connectivity index is 0.000000280. The highest BCUT2D eigenvalue weighted by atomic mass is 16.2. The molecule has 0 fully saturated rings. The van der Waals surface area contributed by atoms with Crippen molar-refractivity contribution in [1.82, 2.24) is 4.90 Å². The third-order valence-corrected chi connectivity index (χ3v) is 4.91. The predicted octanol–water partition coefficient (Wildman–Crippen LogP) is 4.70. The molecule has 0 aliphatic carbocycles. The number of rotatable bonds is 6. The van der Waals surface area contributed by atoms with E-state index in [4.69, 9.17) is 5.73 Å². The minimum Gasteiger partial charge on any atom is -0.366 e. The lowest BCUT2D eigenvalue weighted by Gasteiger charge is -2.18. The molecule has 0 radical (unpaired) electrons. The van der Waals surface area contributed by atoms with Gasteiger partial charge >= 0.3 is 0 Å². The Morgan fingerprint density at radius 3 is 2.04 bits per heavy atom. The van der Waals surface area contributed by atoms with Crippen LogP contribution in [0.1, 0.15) is 70.7 Å². The second-order valence-corrected chi connectivity index (χ2v) is 6.81. The number of benzene rings is 2. The van der Waals surface area contributed by atoms with Gasteiger partial charge in [0.05, 0.1) is 0 Å². The third kappa shape index (κ3) is 5.95. The minimum absolute atomic E-state index is 0.124. The van der Waals surface area contributed by atoms with Crippen LogP contribution in [-0.4, -0.2) is 29.8 Å². The zero-order valence-electron chi connectivity index (χ0n) is 18.1. The van der Waals surface area contributed by atoms with Gasteiger partial charge in [-0.05, 0) is 69.4 Å². The molecule has 0 atom stereocenters. The Kier molecular flexibility index (Phi) is 9.43. The van der Waals surface area contributed by atoms with Crippen LogP contribution in [0.15, 0.2) is 36.4 Å². The van der Waals surface area contributed by atoms with Gasteiger partial charge in [-0.25, -0.2) is 0 Å². The lowest BCUT2D eigenvalue weighted by atomic mass is 9.93. The number of hydrogen-bond donors (Lipinski definition) is 1. The molecule has 2 amide bonds. The minimum atomic E-state index is -0.311. The van der Waals surface area contributed by atoms with E-state index in [1.165, 1.54) is 5.56 Å². The second-order valence-electron chi connectivity index (χ2n) is 6.81. The summed E-state index contributed by atoms with van der Waals surface area (Å²) >= 11 is 0. The SMILES string of the molecule is CCN(CC)C(=O)c1cccc(C)c1.CCc1ccc(C)c(C(N)=O)c1CC. The highest BCUT2D eigenvalue weighted by Crippen LogP contribution is 2.19. The van der Waals surface area contributed by atoms with Crippen molar-refractivity contribution in [2.45, 2.75) is 54.4 Å². The van der Waals surface area contributed by atoms with Crippen LogP contribution in [0.2, 0.25) is 0 Å². The lowest BCUT2D eigenvalue weighted by Crippen LogP contribution is -2.30. The van der Waals surface area contributed by atoms with Crippen LogP contribution in [0.3, 0.4) is 0 Å². The summed E-state index contributed by atoms with van der Waals surface area (Å²) in [4.78, 5) is 25.0. The zero-order valence-corrected chi connectivity index (χ0v) is 18.1. The fourth-order valence-corrected chi connectivity index (χ4v) is 3.36. The number of nitrogens with two attached hydrogens (primary N) is 1.